The van der Waals surface area contributed by atoms with E-state index in [0.29, 0.717) is 33.3 Å². The smallest absolute Gasteiger partial charge is 0.264 e. The van der Waals surface area contributed by atoms with E-state index in [1.807, 2.05) is 53.9 Å². The Morgan fingerprint density at radius 3 is 2.79 bits per heavy atom. The van der Waals surface area contributed by atoms with Crippen molar-refractivity contribution >= 4 is 45.4 Å². The first kappa shape index (κ1) is 19.2. The number of aliphatic imine (C=N–C) groups is 1. The molecule has 0 atom stereocenters. The Balaban J connectivity index is 1.49. The van der Waals surface area contributed by atoms with Crippen molar-refractivity contribution < 1.29 is 14.3 Å². The molecule has 1 aromatic heterocycles. The second-order valence-corrected chi connectivity index (χ2v) is 7.88. The van der Waals surface area contributed by atoms with Crippen molar-refractivity contribution in [1.82, 2.24) is 10.3 Å². The summed E-state index contributed by atoms with van der Waals surface area (Å²) in [6.07, 6.45) is 3.48. The fraction of sp³-hybridized carbons (Fsp3) is 0.0952. The van der Waals surface area contributed by atoms with Gasteiger partial charge in [-0.3, -0.25) is 4.79 Å². The topological polar surface area (TPSA) is 72.8 Å². The van der Waals surface area contributed by atoms with Crippen LogP contribution >= 0.6 is 23.1 Å². The zero-order valence-electron chi connectivity index (χ0n) is 15.5. The molecule has 1 amide bonds. The number of carbonyl (C=O) groups excluding carboxylic acids is 1. The number of thioether (sulfide) groups is 1. The highest BCUT2D eigenvalue weighted by atomic mass is 32.2. The van der Waals surface area contributed by atoms with E-state index >= 15 is 0 Å². The Hall–Kier alpha value is -3.10. The van der Waals surface area contributed by atoms with Gasteiger partial charge < -0.3 is 14.8 Å². The quantitative estimate of drug-likeness (QED) is 0.586. The third kappa shape index (κ3) is 4.85. The molecule has 6 nitrogen and oxygen atoms in total. The second-order valence-electron chi connectivity index (χ2n) is 5.98. The Morgan fingerprint density at radius 2 is 2.03 bits per heavy atom. The van der Waals surface area contributed by atoms with Gasteiger partial charge in [0.2, 0.25) is 5.13 Å². The van der Waals surface area contributed by atoms with E-state index in [9.17, 15) is 4.79 Å². The molecule has 0 unspecified atom stereocenters. The Bertz CT molecular complexity index is 1060. The average Bonchev–Trinajstić information content (AvgIpc) is 3.37. The van der Waals surface area contributed by atoms with Gasteiger partial charge in [0.1, 0.15) is 6.61 Å². The summed E-state index contributed by atoms with van der Waals surface area (Å²) in [7, 11) is 1.59. The summed E-state index contributed by atoms with van der Waals surface area (Å²) >= 11 is 2.69. The third-order valence-electron chi connectivity index (χ3n) is 3.99. The third-order valence-corrected chi connectivity index (χ3v) is 5.57. The molecule has 2 aromatic carbocycles. The minimum absolute atomic E-state index is 0.186. The molecule has 1 saturated heterocycles. The van der Waals surface area contributed by atoms with Crippen LogP contribution in [0.1, 0.15) is 11.1 Å². The first-order valence-corrected chi connectivity index (χ1v) is 10.4. The van der Waals surface area contributed by atoms with Crippen molar-refractivity contribution in [3.8, 4) is 11.5 Å². The van der Waals surface area contributed by atoms with Crippen LogP contribution in [0.3, 0.4) is 0 Å². The lowest BCUT2D eigenvalue weighted by Crippen LogP contribution is -2.19. The molecule has 29 heavy (non-hydrogen) atoms. The van der Waals surface area contributed by atoms with Gasteiger partial charge in [-0.15, -0.1) is 11.3 Å². The zero-order valence-corrected chi connectivity index (χ0v) is 17.1. The highest BCUT2D eigenvalue weighted by Crippen LogP contribution is 2.32. The molecule has 4 rings (SSSR count). The molecule has 3 aromatic rings. The van der Waals surface area contributed by atoms with E-state index in [1.54, 1.807) is 19.4 Å². The number of hydrogen-bond donors (Lipinski definition) is 1. The number of ether oxygens (including phenoxy) is 2. The number of carbonyl (C=O) groups is 1. The summed E-state index contributed by atoms with van der Waals surface area (Å²) in [5, 5.41) is 5.72. The Labute approximate surface area is 176 Å². The monoisotopic (exact) mass is 423 g/mol. The summed E-state index contributed by atoms with van der Waals surface area (Å²) in [4.78, 5) is 21.2. The molecule has 0 saturated carbocycles. The highest BCUT2D eigenvalue weighted by Gasteiger charge is 2.24. The highest BCUT2D eigenvalue weighted by molar-refractivity contribution is 8.18. The van der Waals surface area contributed by atoms with Crippen LogP contribution < -0.4 is 14.8 Å². The second kappa shape index (κ2) is 8.93. The number of rotatable bonds is 6. The molecule has 1 aliphatic heterocycles. The SMILES string of the molecule is COc1cc(/C=C2\S/C(=N/c3nccs3)NC2=O)ccc1OCc1ccccc1. The maximum atomic E-state index is 12.2. The van der Waals surface area contributed by atoms with Crippen LogP contribution in [0.5, 0.6) is 11.5 Å². The van der Waals surface area contributed by atoms with Gasteiger partial charge in [0.05, 0.1) is 12.0 Å². The summed E-state index contributed by atoms with van der Waals surface area (Å²) in [6.45, 7) is 0.451. The maximum absolute atomic E-state index is 12.2. The average molecular weight is 424 g/mol. The van der Waals surface area contributed by atoms with Crippen LogP contribution in [0.2, 0.25) is 0 Å². The van der Waals surface area contributed by atoms with Gasteiger partial charge >= 0.3 is 0 Å². The molecule has 1 fully saturated rings. The molecular formula is C21H17N3O3S2. The largest absolute Gasteiger partial charge is 0.493 e. The number of nitrogens with one attached hydrogen (secondary N) is 1. The molecule has 0 bridgehead atoms. The molecule has 2 heterocycles. The number of aromatic nitrogens is 1. The van der Waals surface area contributed by atoms with Crippen molar-refractivity contribution in [2.45, 2.75) is 6.61 Å². The van der Waals surface area contributed by atoms with E-state index in [-0.39, 0.29) is 5.91 Å². The Morgan fingerprint density at radius 1 is 1.17 bits per heavy atom. The lowest BCUT2D eigenvalue weighted by molar-refractivity contribution is -0.115. The number of benzene rings is 2. The van der Waals surface area contributed by atoms with E-state index in [4.69, 9.17) is 9.47 Å². The number of methoxy groups -OCH3 is 1. The molecule has 0 aliphatic carbocycles. The van der Waals surface area contributed by atoms with Crippen molar-refractivity contribution in [2.75, 3.05) is 7.11 Å². The molecule has 0 spiro atoms. The Kier molecular flexibility index (Phi) is 5.92. The van der Waals surface area contributed by atoms with E-state index in [1.165, 1.54) is 23.1 Å². The van der Waals surface area contributed by atoms with Crippen molar-refractivity contribution in [3.05, 3.63) is 76.1 Å². The number of nitrogens with zero attached hydrogens (tertiary/aromatic N) is 2. The standard InChI is InChI=1S/C21H17N3O3S2/c1-26-17-11-15(7-8-16(17)27-13-14-5-3-2-4-6-14)12-18-19(25)23-21(29-18)24-20-22-9-10-28-20/h2-12H,13H2,1H3,(H,22,23,24,25)/b18-12-. The summed E-state index contributed by atoms with van der Waals surface area (Å²) < 4.78 is 11.3. The minimum atomic E-state index is -0.186. The summed E-state index contributed by atoms with van der Waals surface area (Å²) in [6, 6.07) is 15.5. The maximum Gasteiger partial charge on any atom is 0.264 e. The number of hydrogen-bond acceptors (Lipinski definition) is 7. The summed E-state index contributed by atoms with van der Waals surface area (Å²) in [5.41, 5.74) is 1.91. The van der Waals surface area contributed by atoms with Gasteiger partial charge in [-0.25, -0.2) is 4.98 Å². The number of amidine groups is 1. The molecular weight excluding hydrogens is 406 g/mol. The lowest BCUT2D eigenvalue weighted by Gasteiger charge is -2.11. The van der Waals surface area contributed by atoms with Gasteiger partial charge in [-0.1, -0.05) is 36.4 Å². The number of thiazole rings is 1. The molecule has 8 heteroatoms. The van der Waals surface area contributed by atoms with Gasteiger partial charge in [0, 0.05) is 11.6 Å². The van der Waals surface area contributed by atoms with Crippen LogP contribution in [0.15, 0.2) is 70.0 Å². The predicted molar refractivity (Wildman–Crippen MR) is 117 cm³/mol. The van der Waals surface area contributed by atoms with Gasteiger partial charge in [0.15, 0.2) is 16.7 Å². The summed E-state index contributed by atoms with van der Waals surface area (Å²) in [5.74, 6) is 1.07. The van der Waals surface area contributed by atoms with Crippen molar-refractivity contribution in [1.29, 1.82) is 0 Å². The molecule has 1 aliphatic rings. The predicted octanol–water partition coefficient (Wildman–Crippen LogP) is 4.62. The first-order chi connectivity index (χ1) is 14.2. The fourth-order valence-electron chi connectivity index (χ4n) is 2.62. The fourth-order valence-corrected chi connectivity index (χ4v) is 4.01. The molecule has 146 valence electrons. The lowest BCUT2D eigenvalue weighted by atomic mass is 10.2. The first-order valence-electron chi connectivity index (χ1n) is 8.75. The van der Waals surface area contributed by atoms with Gasteiger partial charge in [-0.05, 0) is 41.1 Å². The van der Waals surface area contributed by atoms with Crippen LogP contribution in [-0.4, -0.2) is 23.2 Å². The van der Waals surface area contributed by atoms with Crippen LogP contribution in [0.25, 0.3) is 6.08 Å². The molecule has 0 radical (unpaired) electrons. The van der Waals surface area contributed by atoms with E-state index in [0.717, 1.165) is 11.1 Å². The van der Waals surface area contributed by atoms with E-state index < -0.39 is 0 Å². The van der Waals surface area contributed by atoms with Crippen molar-refractivity contribution in [2.24, 2.45) is 4.99 Å². The van der Waals surface area contributed by atoms with Crippen LogP contribution in [0.4, 0.5) is 5.13 Å². The van der Waals surface area contributed by atoms with Gasteiger partial charge in [-0.2, -0.15) is 4.99 Å². The molecule has 1 N–H and O–H groups in total. The van der Waals surface area contributed by atoms with Crippen LogP contribution in [-0.2, 0) is 11.4 Å². The van der Waals surface area contributed by atoms with Gasteiger partial charge in [0.25, 0.3) is 5.91 Å². The van der Waals surface area contributed by atoms with E-state index in [2.05, 4.69) is 15.3 Å². The van der Waals surface area contributed by atoms with Crippen molar-refractivity contribution in [3.63, 3.8) is 0 Å². The van der Waals surface area contributed by atoms with Crippen LogP contribution in [0, 0.1) is 0 Å². The minimum Gasteiger partial charge on any atom is -0.493 e. The zero-order chi connectivity index (χ0) is 20.1. The number of amides is 1. The normalized spacial score (nSPS) is 16.2.